The summed E-state index contributed by atoms with van der Waals surface area (Å²) < 4.78 is 11.4. The smallest absolute Gasteiger partial charge is 0.319 e. The third-order valence-electron chi connectivity index (χ3n) is 4.84. The molecule has 2 amide bonds. The maximum Gasteiger partial charge on any atom is 0.319 e. The van der Waals surface area contributed by atoms with Crippen LogP contribution < -0.4 is 20.1 Å². The summed E-state index contributed by atoms with van der Waals surface area (Å²) in [6, 6.07) is 11.9. The van der Waals surface area contributed by atoms with E-state index in [0.29, 0.717) is 38.4 Å². The fourth-order valence-corrected chi connectivity index (χ4v) is 3.62. The van der Waals surface area contributed by atoms with Gasteiger partial charge in [0.2, 0.25) is 0 Å². The number of carbonyl (C=O) groups is 1. The van der Waals surface area contributed by atoms with Crippen molar-refractivity contribution in [2.75, 3.05) is 7.11 Å². The Morgan fingerprint density at radius 1 is 1.10 bits per heavy atom. The monoisotopic (exact) mass is 459 g/mol. The molecule has 8 heteroatoms. The predicted molar refractivity (Wildman–Crippen MR) is 120 cm³/mol. The molecule has 1 heterocycles. The number of amides is 2. The minimum absolute atomic E-state index is 0.272. The number of methoxy groups -OCH3 is 1. The van der Waals surface area contributed by atoms with Crippen molar-refractivity contribution >= 4 is 29.2 Å². The maximum atomic E-state index is 12.3. The molecule has 2 N–H and O–H groups in total. The molecule has 0 fully saturated rings. The lowest BCUT2D eigenvalue weighted by Gasteiger charge is -2.33. The molecule has 1 aliphatic rings. The second-order valence-electron chi connectivity index (χ2n) is 8.13. The van der Waals surface area contributed by atoms with E-state index in [1.165, 1.54) is 7.11 Å². The molecule has 1 aliphatic heterocycles. The van der Waals surface area contributed by atoms with Gasteiger partial charge >= 0.3 is 6.03 Å². The molecule has 162 valence electrons. The Morgan fingerprint density at radius 2 is 1.84 bits per heavy atom. The topological polar surface area (TPSA) is 83.4 Å². The van der Waals surface area contributed by atoms with Crippen LogP contribution in [0.25, 0.3) is 0 Å². The van der Waals surface area contributed by atoms with Crippen molar-refractivity contribution in [3.05, 3.63) is 68.8 Å². The van der Waals surface area contributed by atoms with E-state index in [1.807, 2.05) is 26.8 Å². The molecule has 0 aromatic heterocycles. The first-order chi connectivity index (χ1) is 14.6. The van der Waals surface area contributed by atoms with E-state index in [-0.39, 0.29) is 12.6 Å². The Hall–Kier alpha value is -2.88. The number of nitriles is 1. The van der Waals surface area contributed by atoms with E-state index in [2.05, 4.69) is 16.7 Å². The molecule has 2 aromatic carbocycles. The van der Waals surface area contributed by atoms with Gasteiger partial charge in [0.1, 0.15) is 6.61 Å². The van der Waals surface area contributed by atoms with E-state index in [4.69, 9.17) is 32.7 Å². The highest BCUT2D eigenvalue weighted by Gasteiger charge is 2.34. The first-order valence-corrected chi connectivity index (χ1v) is 10.4. The molecule has 0 radical (unpaired) electrons. The number of carbonyl (C=O) groups excluding carboxylic acids is 1. The molecule has 0 saturated carbocycles. The number of halogens is 2. The van der Waals surface area contributed by atoms with Crippen LogP contribution in [0.5, 0.6) is 11.5 Å². The lowest BCUT2D eigenvalue weighted by molar-refractivity contribution is 0.235. The number of ether oxygens (including phenoxy) is 2. The van der Waals surface area contributed by atoms with Gasteiger partial charge in [0.25, 0.3) is 0 Å². The molecule has 6 nitrogen and oxygen atoms in total. The number of benzene rings is 2. The highest BCUT2D eigenvalue weighted by molar-refractivity contribution is 6.42. The average molecular weight is 460 g/mol. The summed E-state index contributed by atoms with van der Waals surface area (Å²) in [5.41, 5.74) is 2.23. The Bertz CT molecular complexity index is 1080. The largest absolute Gasteiger partial charge is 0.493 e. The molecule has 31 heavy (non-hydrogen) atoms. The number of urea groups is 1. The zero-order chi connectivity index (χ0) is 22.8. The maximum absolute atomic E-state index is 12.3. The standard InChI is InChI=1S/C23H23Cl2N3O3/c1-23(2,3)21-15(11-26)20(27-22(29)28-21)14-6-8-18(19(10-14)30-4)31-12-13-5-7-16(24)17(25)9-13/h5-10,20H,12H2,1-4H3,(H2,27,28,29)/t20-/m0/s1. The van der Waals surface area contributed by atoms with Crippen molar-refractivity contribution in [2.45, 2.75) is 33.4 Å². The Balaban J connectivity index is 1.90. The Labute approximate surface area is 191 Å². The lowest BCUT2D eigenvalue weighted by atomic mass is 9.84. The quantitative estimate of drug-likeness (QED) is 0.595. The SMILES string of the molecule is COc1cc([C@@H]2NC(=O)NC(C(C)(C)C)=C2C#N)ccc1OCc1ccc(Cl)c(Cl)c1. The number of nitrogens with zero attached hydrogens (tertiary/aromatic N) is 1. The lowest BCUT2D eigenvalue weighted by Crippen LogP contribution is -2.46. The summed E-state index contributed by atoms with van der Waals surface area (Å²) in [4.78, 5) is 12.3. The molecular weight excluding hydrogens is 437 g/mol. The summed E-state index contributed by atoms with van der Waals surface area (Å²) in [5.74, 6) is 1.01. The van der Waals surface area contributed by atoms with Crippen molar-refractivity contribution in [1.29, 1.82) is 5.26 Å². The Morgan fingerprint density at radius 3 is 2.45 bits per heavy atom. The van der Waals surface area contributed by atoms with Crippen molar-refractivity contribution in [3.8, 4) is 17.6 Å². The molecular formula is C23H23Cl2N3O3. The van der Waals surface area contributed by atoms with Crippen LogP contribution in [0.1, 0.15) is 37.9 Å². The third-order valence-corrected chi connectivity index (χ3v) is 5.58. The average Bonchev–Trinajstić information content (AvgIpc) is 2.73. The van der Waals surface area contributed by atoms with Gasteiger partial charge in [-0.3, -0.25) is 0 Å². The van der Waals surface area contributed by atoms with Crippen molar-refractivity contribution < 1.29 is 14.3 Å². The van der Waals surface area contributed by atoms with Gasteiger partial charge in [-0.05, 0) is 35.4 Å². The van der Waals surface area contributed by atoms with E-state index in [1.54, 1.807) is 30.3 Å². The van der Waals surface area contributed by atoms with Crippen LogP contribution in [0.15, 0.2) is 47.7 Å². The summed E-state index contributed by atoms with van der Waals surface area (Å²) in [6.45, 7) is 6.11. The molecule has 1 atom stereocenters. The van der Waals surface area contributed by atoms with E-state index in [9.17, 15) is 10.1 Å². The van der Waals surface area contributed by atoms with Gasteiger partial charge in [0, 0.05) is 11.1 Å². The predicted octanol–water partition coefficient (Wildman–Crippen LogP) is 5.76. The fraction of sp³-hybridized carbons (Fsp3) is 0.304. The summed E-state index contributed by atoms with van der Waals surface area (Å²) >= 11 is 12.0. The third kappa shape index (κ3) is 5.07. The molecule has 0 saturated heterocycles. The van der Waals surface area contributed by atoms with Gasteiger partial charge in [-0.2, -0.15) is 5.26 Å². The summed E-state index contributed by atoms with van der Waals surface area (Å²) in [6.07, 6.45) is 0. The van der Waals surface area contributed by atoms with Gasteiger partial charge in [0.05, 0.1) is 34.8 Å². The molecule has 0 aliphatic carbocycles. The van der Waals surface area contributed by atoms with Crippen LogP contribution in [-0.4, -0.2) is 13.1 Å². The van der Waals surface area contributed by atoms with Crippen molar-refractivity contribution in [2.24, 2.45) is 5.41 Å². The summed E-state index contributed by atoms with van der Waals surface area (Å²) in [5, 5.41) is 16.3. The first-order valence-electron chi connectivity index (χ1n) is 9.61. The van der Waals surface area contributed by atoms with Gasteiger partial charge in [0.15, 0.2) is 11.5 Å². The highest BCUT2D eigenvalue weighted by Crippen LogP contribution is 2.37. The van der Waals surface area contributed by atoms with Crippen LogP contribution in [0.3, 0.4) is 0 Å². The molecule has 3 rings (SSSR count). The fourth-order valence-electron chi connectivity index (χ4n) is 3.30. The van der Waals surface area contributed by atoms with Crippen molar-refractivity contribution in [3.63, 3.8) is 0 Å². The van der Waals surface area contributed by atoms with Crippen LogP contribution in [0.2, 0.25) is 10.0 Å². The van der Waals surface area contributed by atoms with Gasteiger partial charge in [-0.15, -0.1) is 0 Å². The van der Waals surface area contributed by atoms with Gasteiger partial charge < -0.3 is 20.1 Å². The van der Waals surface area contributed by atoms with Gasteiger partial charge in [-0.25, -0.2) is 4.79 Å². The molecule has 0 unspecified atom stereocenters. The Kier molecular flexibility index (Phi) is 6.68. The minimum Gasteiger partial charge on any atom is -0.493 e. The molecule has 2 aromatic rings. The first kappa shape index (κ1) is 22.8. The molecule has 0 bridgehead atoms. The van der Waals surface area contributed by atoms with E-state index < -0.39 is 11.5 Å². The highest BCUT2D eigenvalue weighted by atomic mass is 35.5. The number of hydrogen-bond acceptors (Lipinski definition) is 4. The van der Waals surface area contributed by atoms with Crippen LogP contribution in [-0.2, 0) is 6.61 Å². The number of nitrogens with one attached hydrogen (secondary N) is 2. The number of allylic oxidation sites excluding steroid dienone is 1. The second-order valence-corrected chi connectivity index (χ2v) is 8.94. The van der Waals surface area contributed by atoms with E-state index >= 15 is 0 Å². The minimum atomic E-state index is -0.592. The van der Waals surface area contributed by atoms with Crippen LogP contribution >= 0.6 is 23.2 Å². The zero-order valence-corrected chi connectivity index (χ0v) is 19.2. The number of hydrogen-bond donors (Lipinski definition) is 2. The van der Waals surface area contributed by atoms with Crippen LogP contribution in [0.4, 0.5) is 4.79 Å². The number of rotatable bonds is 5. The van der Waals surface area contributed by atoms with E-state index in [0.717, 1.165) is 5.56 Å². The van der Waals surface area contributed by atoms with Crippen molar-refractivity contribution in [1.82, 2.24) is 10.6 Å². The van der Waals surface area contributed by atoms with Crippen LogP contribution in [0, 0.1) is 16.7 Å². The normalized spacial score (nSPS) is 16.3. The zero-order valence-electron chi connectivity index (χ0n) is 17.7. The van der Waals surface area contributed by atoms with Gasteiger partial charge in [-0.1, -0.05) is 56.1 Å². The summed E-state index contributed by atoms with van der Waals surface area (Å²) in [7, 11) is 1.54. The molecule has 0 spiro atoms. The second kappa shape index (κ2) is 9.09.